The highest BCUT2D eigenvalue weighted by Gasteiger charge is 2.30. The van der Waals surface area contributed by atoms with Gasteiger partial charge < -0.3 is 10.1 Å². The number of amides is 1. The van der Waals surface area contributed by atoms with Crippen molar-refractivity contribution in [1.29, 1.82) is 0 Å². The maximum atomic E-state index is 12.3. The SMILES string of the molecule is O=C(NC1CC1)c1ccc(C(c2ccc(OCc3ccccn3)cc2)C2CCC2)cc1. The topological polar surface area (TPSA) is 51.2 Å². The third-order valence-corrected chi connectivity index (χ3v) is 6.42. The van der Waals surface area contributed by atoms with Gasteiger partial charge in [0.15, 0.2) is 0 Å². The fourth-order valence-electron chi connectivity index (χ4n) is 4.26. The number of nitrogens with one attached hydrogen (secondary N) is 1. The second-order valence-electron chi connectivity index (χ2n) is 8.72. The number of aromatic nitrogens is 1. The highest BCUT2D eigenvalue weighted by molar-refractivity contribution is 5.94. The number of benzene rings is 2. The Morgan fingerprint density at radius 3 is 2.23 bits per heavy atom. The van der Waals surface area contributed by atoms with E-state index in [2.05, 4.69) is 46.7 Å². The number of nitrogens with zero attached hydrogens (tertiary/aromatic N) is 1. The molecule has 3 aromatic rings. The summed E-state index contributed by atoms with van der Waals surface area (Å²) in [6.07, 6.45) is 7.81. The van der Waals surface area contributed by atoms with Gasteiger partial charge in [-0.25, -0.2) is 0 Å². The zero-order valence-corrected chi connectivity index (χ0v) is 17.7. The van der Waals surface area contributed by atoms with Gasteiger partial charge in [-0.1, -0.05) is 36.8 Å². The summed E-state index contributed by atoms with van der Waals surface area (Å²) in [5, 5.41) is 3.07. The van der Waals surface area contributed by atoms with Crippen molar-refractivity contribution in [3.63, 3.8) is 0 Å². The molecule has 1 N–H and O–H groups in total. The lowest BCUT2D eigenvalue weighted by molar-refractivity contribution is 0.0951. The molecule has 0 spiro atoms. The van der Waals surface area contributed by atoms with Crippen LogP contribution in [0.2, 0.25) is 0 Å². The van der Waals surface area contributed by atoms with E-state index in [1.54, 1.807) is 6.20 Å². The Hall–Kier alpha value is -3.14. The van der Waals surface area contributed by atoms with Gasteiger partial charge in [0.1, 0.15) is 12.4 Å². The van der Waals surface area contributed by atoms with E-state index < -0.39 is 0 Å². The van der Waals surface area contributed by atoms with Crippen molar-refractivity contribution in [2.75, 3.05) is 0 Å². The van der Waals surface area contributed by atoms with Gasteiger partial charge in [0.2, 0.25) is 0 Å². The number of hydrogen-bond donors (Lipinski definition) is 1. The lowest BCUT2D eigenvalue weighted by atomic mass is 9.70. The Morgan fingerprint density at radius 2 is 1.65 bits per heavy atom. The molecule has 31 heavy (non-hydrogen) atoms. The molecule has 2 aromatic carbocycles. The molecule has 4 nitrogen and oxygen atoms in total. The van der Waals surface area contributed by atoms with Crippen molar-refractivity contribution in [3.8, 4) is 5.75 Å². The minimum Gasteiger partial charge on any atom is -0.487 e. The van der Waals surface area contributed by atoms with Crippen LogP contribution in [-0.4, -0.2) is 16.9 Å². The molecule has 1 aromatic heterocycles. The van der Waals surface area contributed by atoms with Crippen LogP contribution in [0.15, 0.2) is 72.9 Å². The fraction of sp³-hybridized carbons (Fsp3) is 0.333. The molecule has 0 saturated heterocycles. The van der Waals surface area contributed by atoms with Crippen LogP contribution < -0.4 is 10.1 Å². The molecule has 1 heterocycles. The first-order valence-corrected chi connectivity index (χ1v) is 11.3. The Morgan fingerprint density at radius 1 is 0.935 bits per heavy atom. The molecule has 0 aliphatic heterocycles. The normalized spacial score (nSPS) is 16.9. The van der Waals surface area contributed by atoms with Gasteiger partial charge >= 0.3 is 0 Å². The second kappa shape index (κ2) is 8.93. The van der Waals surface area contributed by atoms with Gasteiger partial charge in [-0.05, 0) is 79.1 Å². The molecule has 4 heteroatoms. The maximum absolute atomic E-state index is 12.3. The first-order chi connectivity index (χ1) is 15.3. The quantitative estimate of drug-likeness (QED) is 0.533. The van der Waals surface area contributed by atoms with Crippen molar-refractivity contribution < 1.29 is 9.53 Å². The number of ether oxygens (including phenoxy) is 1. The number of hydrogen-bond acceptors (Lipinski definition) is 3. The Balaban J connectivity index is 1.30. The molecule has 1 amide bonds. The van der Waals surface area contributed by atoms with E-state index in [4.69, 9.17) is 4.74 Å². The van der Waals surface area contributed by atoms with Crippen LogP contribution in [0.3, 0.4) is 0 Å². The predicted molar refractivity (Wildman–Crippen MR) is 121 cm³/mol. The van der Waals surface area contributed by atoms with Gasteiger partial charge in [0, 0.05) is 23.7 Å². The molecule has 5 rings (SSSR count). The van der Waals surface area contributed by atoms with Gasteiger partial charge in [0.05, 0.1) is 5.69 Å². The van der Waals surface area contributed by atoms with Gasteiger partial charge in [-0.2, -0.15) is 0 Å². The fourth-order valence-corrected chi connectivity index (χ4v) is 4.26. The number of pyridine rings is 1. The van der Waals surface area contributed by atoms with Crippen LogP contribution in [0.25, 0.3) is 0 Å². The van der Waals surface area contributed by atoms with Crippen molar-refractivity contribution in [2.45, 2.75) is 50.7 Å². The number of carbonyl (C=O) groups excluding carboxylic acids is 1. The minimum atomic E-state index is 0.0450. The maximum Gasteiger partial charge on any atom is 0.251 e. The Kier molecular flexibility index (Phi) is 5.70. The third kappa shape index (κ3) is 4.79. The molecule has 1 atom stereocenters. The minimum absolute atomic E-state index is 0.0450. The van der Waals surface area contributed by atoms with Crippen molar-refractivity contribution in [1.82, 2.24) is 10.3 Å². The average molecular weight is 413 g/mol. The number of rotatable bonds is 8. The monoisotopic (exact) mass is 412 g/mol. The number of carbonyl (C=O) groups is 1. The molecule has 2 aliphatic rings. The van der Waals surface area contributed by atoms with E-state index in [-0.39, 0.29) is 5.91 Å². The molecule has 2 saturated carbocycles. The van der Waals surface area contributed by atoms with E-state index in [9.17, 15) is 4.79 Å². The molecule has 0 bridgehead atoms. The highest BCUT2D eigenvalue weighted by atomic mass is 16.5. The average Bonchev–Trinajstić information content (AvgIpc) is 3.60. The zero-order chi connectivity index (χ0) is 21.0. The van der Waals surface area contributed by atoms with E-state index in [1.165, 1.54) is 30.4 Å². The summed E-state index contributed by atoms with van der Waals surface area (Å²) in [7, 11) is 0. The zero-order valence-electron chi connectivity index (χ0n) is 17.7. The van der Waals surface area contributed by atoms with Crippen LogP contribution >= 0.6 is 0 Å². The molecule has 0 radical (unpaired) electrons. The standard InChI is InChI=1S/C27H28N2O2/c30-27(29-23-13-14-23)22-9-7-20(8-10-22)26(19-4-3-5-19)21-11-15-25(16-12-21)31-18-24-6-1-2-17-28-24/h1-2,6-12,15-17,19,23,26H,3-5,13-14,18H2,(H,29,30). The largest absolute Gasteiger partial charge is 0.487 e. The van der Waals surface area contributed by atoms with Crippen molar-refractivity contribution in [3.05, 3.63) is 95.3 Å². The van der Waals surface area contributed by atoms with Gasteiger partial charge in [-0.3, -0.25) is 9.78 Å². The van der Waals surface area contributed by atoms with Gasteiger partial charge in [0.25, 0.3) is 5.91 Å². The van der Waals surface area contributed by atoms with Crippen LogP contribution in [-0.2, 0) is 6.61 Å². The van der Waals surface area contributed by atoms with Crippen LogP contribution in [0.5, 0.6) is 5.75 Å². The molecule has 2 aliphatic carbocycles. The van der Waals surface area contributed by atoms with Crippen LogP contribution in [0.4, 0.5) is 0 Å². The summed E-state index contributed by atoms with van der Waals surface area (Å²) in [6, 6.07) is 22.9. The van der Waals surface area contributed by atoms with Gasteiger partial charge in [-0.15, -0.1) is 0 Å². The summed E-state index contributed by atoms with van der Waals surface area (Å²) < 4.78 is 5.91. The first kappa shape index (κ1) is 19.8. The molecule has 1 unspecified atom stereocenters. The van der Waals surface area contributed by atoms with E-state index in [1.807, 2.05) is 30.3 Å². The molecular weight excluding hydrogens is 384 g/mol. The Bertz CT molecular complexity index is 1010. The predicted octanol–water partition coefficient (Wildman–Crippen LogP) is 5.48. The molecule has 158 valence electrons. The lowest BCUT2D eigenvalue weighted by Gasteiger charge is -2.34. The highest BCUT2D eigenvalue weighted by Crippen LogP contribution is 2.43. The first-order valence-electron chi connectivity index (χ1n) is 11.3. The smallest absolute Gasteiger partial charge is 0.251 e. The molecule has 2 fully saturated rings. The lowest BCUT2D eigenvalue weighted by Crippen LogP contribution is -2.25. The summed E-state index contributed by atoms with van der Waals surface area (Å²) in [6.45, 7) is 0.469. The Labute approximate surface area is 183 Å². The van der Waals surface area contributed by atoms with E-state index in [0.29, 0.717) is 24.5 Å². The summed E-state index contributed by atoms with van der Waals surface area (Å²) in [4.78, 5) is 16.6. The summed E-state index contributed by atoms with van der Waals surface area (Å²) in [5.41, 5.74) is 4.27. The summed E-state index contributed by atoms with van der Waals surface area (Å²) >= 11 is 0. The molecular formula is C27H28N2O2. The van der Waals surface area contributed by atoms with E-state index >= 15 is 0 Å². The van der Waals surface area contributed by atoms with Crippen molar-refractivity contribution in [2.24, 2.45) is 5.92 Å². The van der Waals surface area contributed by atoms with Crippen LogP contribution in [0.1, 0.15) is 65.2 Å². The third-order valence-electron chi connectivity index (χ3n) is 6.42. The van der Waals surface area contributed by atoms with Crippen molar-refractivity contribution >= 4 is 5.91 Å². The summed E-state index contributed by atoms with van der Waals surface area (Å²) in [5.74, 6) is 1.92. The van der Waals surface area contributed by atoms with E-state index in [0.717, 1.165) is 29.8 Å². The second-order valence-corrected chi connectivity index (χ2v) is 8.72. The van der Waals surface area contributed by atoms with Crippen LogP contribution in [0, 0.1) is 5.92 Å².